The van der Waals surface area contributed by atoms with Crippen LogP contribution >= 0.6 is 0 Å². The van der Waals surface area contributed by atoms with Crippen LogP contribution in [-0.4, -0.2) is 31.8 Å². The molecule has 0 saturated heterocycles. The van der Waals surface area contributed by atoms with E-state index < -0.39 is 0 Å². The minimum atomic E-state index is 0.366. The molecule has 0 aliphatic carbocycles. The standard InChI is InChI=1S/C11H18N6/c1-4-11(12-2)9-5-13-17(6-9)8-10-7-16(3)15-14-10/h5-7,11-12H,4,8H2,1-3H3. The van der Waals surface area contributed by atoms with Gasteiger partial charge in [0.2, 0.25) is 0 Å². The molecule has 2 aromatic rings. The highest BCUT2D eigenvalue weighted by Crippen LogP contribution is 2.14. The van der Waals surface area contributed by atoms with E-state index in [9.17, 15) is 0 Å². The zero-order valence-electron chi connectivity index (χ0n) is 10.5. The monoisotopic (exact) mass is 234 g/mol. The van der Waals surface area contributed by atoms with Gasteiger partial charge in [0.05, 0.1) is 12.7 Å². The Hall–Kier alpha value is -1.69. The van der Waals surface area contributed by atoms with Crippen LogP contribution in [0.3, 0.4) is 0 Å². The van der Waals surface area contributed by atoms with Gasteiger partial charge in [-0.2, -0.15) is 5.10 Å². The summed E-state index contributed by atoms with van der Waals surface area (Å²) in [5.74, 6) is 0. The first-order valence-corrected chi connectivity index (χ1v) is 5.77. The second kappa shape index (κ2) is 5.09. The maximum Gasteiger partial charge on any atom is 0.104 e. The van der Waals surface area contributed by atoms with Gasteiger partial charge >= 0.3 is 0 Å². The summed E-state index contributed by atoms with van der Waals surface area (Å²) in [6.07, 6.45) is 6.91. The molecule has 0 amide bonds. The van der Waals surface area contributed by atoms with Crippen molar-refractivity contribution in [2.24, 2.45) is 7.05 Å². The van der Waals surface area contributed by atoms with Crippen molar-refractivity contribution >= 4 is 0 Å². The topological polar surface area (TPSA) is 60.6 Å². The van der Waals surface area contributed by atoms with Crippen molar-refractivity contribution in [1.29, 1.82) is 0 Å². The Labute approximate surface area is 101 Å². The molecule has 2 rings (SSSR count). The van der Waals surface area contributed by atoms with Crippen LogP contribution in [-0.2, 0) is 13.6 Å². The summed E-state index contributed by atoms with van der Waals surface area (Å²) in [5, 5.41) is 15.5. The fourth-order valence-corrected chi connectivity index (χ4v) is 1.89. The number of aryl methyl sites for hydroxylation is 1. The third-order valence-corrected chi connectivity index (χ3v) is 2.79. The van der Waals surface area contributed by atoms with E-state index in [1.165, 1.54) is 5.56 Å². The summed E-state index contributed by atoms with van der Waals surface area (Å²) >= 11 is 0. The third kappa shape index (κ3) is 2.71. The first-order valence-electron chi connectivity index (χ1n) is 5.77. The van der Waals surface area contributed by atoms with Crippen molar-refractivity contribution in [2.45, 2.75) is 25.9 Å². The van der Waals surface area contributed by atoms with Crippen molar-refractivity contribution in [2.75, 3.05) is 7.05 Å². The molecular formula is C11H18N6. The second-order valence-electron chi connectivity index (χ2n) is 4.10. The molecule has 2 aromatic heterocycles. The molecule has 0 radical (unpaired) electrons. The average Bonchev–Trinajstić information content (AvgIpc) is 2.91. The van der Waals surface area contributed by atoms with Gasteiger partial charge in [-0.05, 0) is 13.5 Å². The van der Waals surface area contributed by atoms with E-state index in [1.807, 2.05) is 31.2 Å². The van der Waals surface area contributed by atoms with Gasteiger partial charge in [0.1, 0.15) is 5.69 Å². The molecule has 1 unspecified atom stereocenters. The van der Waals surface area contributed by atoms with E-state index >= 15 is 0 Å². The van der Waals surface area contributed by atoms with E-state index in [4.69, 9.17) is 0 Å². The highest BCUT2D eigenvalue weighted by atomic mass is 15.4. The van der Waals surface area contributed by atoms with Crippen molar-refractivity contribution in [3.8, 4) is 0 Å². The highest BCUT2D eigenvalue weighted by molar-refractivity contribution is 5.10. The lowest BCUT2D eigenvalue weighted by Crippen LogP contribution is -2.14. The normalized spacial score (nSPS) is 12.9. The zero-order chi connectivity index (χ0) is 12.3. The molecule has 17 heavy (non-hydrogen) atoms. The maximum atomic E-state index is 4.34. The molecule has 0 bridgehead atoms. The van der Waals surface area contributed by atoms with Crippen molar-refractivity contribution in [3.05, 3.63) is 29.8 Å². The van der Waals surface area contributed by atoms with E-state index in [-0.39, 0.29) is 0 Å². The zero-order valence-corrected chi connectivity index (χ0v) is 10.5. The second-order valence-corrected chi connectivity index (χ2v) is 4.10. The van der Waals surface area contributed by atoms with E-state index in [0.717, 1.165) is 12.1 Å². The molecule has 1 atom stereocenters. The lowest BCUT2D eigenvalue weighted by Gasteiger charge is -2.10. The highest BCUT2D eigenvalue weighted by Gasteiger charge is 2.09. The molecule has 92 valence electrons. The number of hydrogen-bond acceptors (Lipinski definition) is 4. The van der Waals surface area contributed by atoms with Crippen LogP contribution in [0.1, 0.15) is 30.6 Å². The van der Waals surface area contributed by atoms with Crippen LogP contribution in [0.4, 0.5) is 0 Å². The van der Waals surface area contributed by atoms with Gasteiger partial charge in [-0.25, -0.2) is 0 Å². The number of hydrogen-bond donors (Lipinski definition) is 1. The van der Waals surface area contributed by atoms with E-state index in [0.29, 0.717) is 12.6 Å². The lowest BCUT2D eigenvalue weighted by atomic mass is 10.1. The molecule has 0 saturated carbocycles. The molecule has 0 aliphatic heterocycles. The molecule has 6 nitrogen and oxygen atoms in total. The Morgan fingerprint density at radius 2 is 2.24 bits per heavy atom. The van der Waals surface area contributed by atoms with Crippen LogP contribution in [0.5, 0.6) is 0 Å². The number of aromatic nitrogens is 5. The Bertz CT molecular complexity index is 468. The molecule has 2 heterocycles. The van der Waals surface area contributed by atoms with Gasteiger partial charge < -0.3 is 5.32 Å². The Balaban J connectivity index is 2.08. The summed E-state index contributed by atoms with van der Waals surface area (Å²) in [6.45, 7) is 2.81. The van der Waals surface area contributed by atoms with Crippen LogP contribution < -0.4 is 5.32 Å². The van der Waals surface area contributed by atoms with Gasteiger partial charge in [-0.1, -0.05) is 12.1 Å². The quantitative estimate of drug-likeness (QED) is 0.828. The average molecular weight is 234 g/mol. The van der Waals surface area contributed by atoms with E-state index in [1.54, 1.807) is 4.68 Å². The largest absolute Gasteiger partial charge is 0.313 e. The fourth-order valence-electron chi connectivity index (χ4n) is 1.89. The Morgan fingerprint density at radius 3 is 2.82 bits per heavy atom. The first kappa shape index (κ1) is 11.8. The lowest BCUT2D eigenvalue weighted by molar-refractivity contribution is 0.575. The summed E-state index contributed by atoms with van der Waals surface area (Å²) in [4.78, 5) is 0. The summed E-state index contributed by atoms with van der Waals surface area (Å²) < 4.78 is 3.58. The van der Waals surface area contributed by atoms with E-state index in [2.05, 4.69) is 33.8 Å². The first-order chi connectivity index (χ1) is 8.22. The van der Waals surface area contributed by atoms with Crippen molar-refractivity contribution in [3.63, 3.8) is 0 Å². The number of nitrogens with one attached hydrogen (secondary N) is 1. The van der Waals surface area contributed by atoms with Gasteiger partial charge in [-0.15, -0.1) is 5.10 Å². The third-order valence-electron chi connectivity index (χ3n) is 2.79. The summed E-state index contributed by atoms with van der Waals surface area (Å²) in [7, 11) is 3.83. The summed E-state index contributed by atoms with van der Waals surface area (Å²) in [6, 6.07) is 0.366. The van der Waals surface area contributed by atoms with Crippen LogP contribution in [0.15, 0.2) is 18.6 Å². The van der Waals surface area contributed by atoms with Gasteiger partial charge in [0.25, 0.3) is 0 Å². The SMILES string of the molecule is CCC(NC)c1cnn(Cc2cn(C)nn2)c1. The van der Waals surface area contributed by atoms with Crippen molar-refractivity contribution in [1.82, 2.24) is 30.1 Å². The number of nitrogens with zero attached hydrogens (tertiary/aromatic N) is 5. The molecule has 0 fully saturated rings. The van der Waals surface area contributed by atoms with Crippen LogP contribution in [0.25, 0.3) is 0 Å². The van der Waals surface area contributed by atoms with Gasteiger partial charge in [0, 0.05) is 31.0 Å². The smallest absolute Gasteiger partial charge is 0.104 e. The van der Waals surface area contributed by atoms with Crippen LogP contribution in [0, 0.1) is 0 Å². The molecule has 0 aromatic carbocycles. The molecule has 1 N–H and O–H groups in total. The molecule has 0 spiro atoms. The predicted octanol–water partition coefficient (Wildman–Crippen LogP) is 0.730. The van der Waals surface area contributed by atoms with Gasteiger partial charge in [-0.3, -0.25) is 9.36 Å². The minimum Gasteiger partial charge on any atom is -0.313 e. The Morgan fingerprint density at radius 1 is 1.41 bits per heavy atom. The fraction of sp³-hybridized carbons (Fsp3) is 0.545. The Kier molecular flexibility index (Phi) is 3.53. The number of rotatable bonds is 5. The van der Waals surface area contributed by atoms with Crippen LogP contribution in [0.2, 0.25) is 0 Å². The maximum absolute atomic E-state index is 4.34. The van der Waals surface area contributed by atoms with Crippen molar-refractivity contribution < 1.29 is 0 Å². The summed E-state index contributed by atoms with van der Waals surface area (Å²) in [5.41, 5.74) is 2.12. The molecule has 0 aliphatic rings. The molecular weight excluding hydrogens is 216 g/mol. The van der Waals surface area contributed by atoms with Gasteiger partial charge in [0.15, 0.2) is 0 Å². The predicted molar refractivity (Wildman–Crippen MR) is 64.4 cm³/mol. The molecule has 6 heteroatoms. The minimum absolute atomic E-state index is 0.366.